The van der Waals surface area contributed by atoms with Crippen LogP contribution < -0.4 is 4.90 Å². The zero-order valence-corrected chi connectivity index (χ0v) is 10.3. The first-order valence-electron chi connectivity index (χ1n) is 5.18. The minimum Gasteiger partial charge on any atom is -0.368 e. The molecule has 1 fully saturated rings. The van der Waals surface area contributed by atoms with E-state index >= 15 is 0 Å². The van der Waals surface area contributed by atoms with Crippen molar-refractivity contribution >= 4 is 21.6 Å². The molecule has 2 rings (SSSR count). The van der Waals surface area contributed by atoms with Gasteiger partial charge in [0.15, 0.2) is 0 Å². The number of nitriles is 1. The van der Waals surface area contributed by atoms with Gasteiger partial charge in [-0.3, -0.25) is 0 Å². The standard InChI is InChI=1S/C12H13BrN2/c1-9-3-2-6-15(9)12-7-11(13)5-4-10(12)8-14/h4-5,7,9H,2-3,6H2,1H3. The van der Waals surface area contributed by atoms with Crippen molar-refractivity contribution in [2.75, 3.05) is 11.4 Å². The van der Waals surface area contributed by atoms with E-state index in [1.54, 1.807) is 0 Å². The second-order valence-corrected chi connectivity index (χ2v) is 4.87. The number of anilines is 1. The number of hydrogen-bond donors (Lipinski definition) is 0. The summed E-state index contributed by atoms with van der Waals surface area (Å²) < 4.78 is 1.04. The van der Waals surface area contributed by atoms with Crippen molar-refractivity contribution in [1.82, 2.24) is 0 Å². The van der Waals surface area contributed by atoms with Gasteiger partial charge in [0.2, 0.25) is 0 Å². The van der Waals surface area contributed by atoms with Gasteiger partial charge in [-0.1, -0.05) is 15.9 Å². The smallest absolute Gasteiger partial charge is 0.101 e. The van der Waals surface area contributed by atoms with E-state index in [0.717, 1.165) is 22.3 Å². The lowest BCUT2D eigenvalue weighted by Gasteiger charge is -2.24. The van der Waals surface area contributed by atoms with Gasteiger partial charge in [0.1, 0.15) is 6.07 Å². The summed E-state index contributed by atoms with van der Waals surface area (Å²) >= 11 is 3.46. The van der Waals surface area contributed by atoms with Crippen molar-refractivity contribution < 1.29 is 0 Å². The van der Waals surface area contributed by atoms with E-state index in [0.29, 0.717) is 6.04 Å². The molecule has 0 aliphatic carbocycles. The van der Waals surface area contributed by atoms with Crippen LogP contribution in [0.2, 0.25) is 0 Å². The number of benzene rings is 1. The molecule has 1 heterocycles. The topological polar surface area (TPSA) is 27.0 Å². The Morgan fingerprint density at radius 3 is 2.93 bits per heavy atom. The lowest BCUT2D eigenvalue weighted by molar-refractivity contribution is 0.734. The average molecular weight is 265 g/mol. The summed E-state index contributed by atoms with van der Waals surface area (Å²) in [6.45, 7) is 3.28. The molecule has 1 aliphatic rings. The molecule has 0 radical (unpaired) electrons. The number of hydrogen-bond acceptors (Lipinski definition) is 2. The highest BCUT2D eigenvalue weighted by molar-refractivity contribution is 9.10. The molecule has 0 bridgehead atoms. The molecular weight excluding hydrogens is 252 g/mol. The molecule has 0 aromatic heterocycles. The zero-order chi connectivity index (χ0) is 10.8. The normalized spacial score (nSPS) is 20.3. The molecule has 15 heavy (non-hydrogen) atoms. The highest BCUT2D eigenvalue weighted by Gasteiger charge is 2.22. The highest BCUT2D eigenvalue weighted by atomic mass is 79.9. The van der Waals surface area contributed by atoms with E-state index in [2.05, 4.69) is 33.8 Å². The maximum Gasteiger partial charge on any atom is 0.101 e. The molecule has 1 aromatic carbocycles. The second-order valence-electron chi connectivity index (χ2n) is 3.96. The second kappa shape index (κ2) is 4.24. The Hall–Kier alpha value is -1.01. The van der Waals surface area contributed by atoms with Crippen LogP contribution in [0, 0.1) is 11.3 Å². The number of nitrogens with zero attached hydrogens (tertiary/aromatic N) is 2. The molecule has 1 atom stereocenters. The SMILES string of the molecule is CC1CCCN1c1cc(Br)ccc1C#N. The van der Waals surface area contributed by atoms with Gasteiger partial charge in [0.05, 0.1) is 11.3 Å². The molecule has 0 N–H and O–H groups in total. The van der Waals surface area contributed by atoms with Crippen molar-refractivity contribution in [2.24, 2.45) is 0 Å². The Balaban J connectivity index is 2.42. The molecule has 0 saturated carbocycles. The van der Waals surface area contributed by atoms with Crippen LogP contribution in [-0.4, -0.2) is 12.6 Å². The Bertz CT molecular complexity index is 409. The van der Waals surface area contributed by atoms with Gasteiger partial charge in [0.25, 0.3) is 0 Å². The lowest BCUT2D eigenvalue weighted by atomic mass is 10.1. The molecule has 3 heteroatoms. The molecular formula is C12H13BrN2. The molecule has 0 spiro atoms. The first kappa shape index (κ1) is 10.5. The van der Waals surface area contributed by atoms with E-state index in [1.807, 2.05) is 18.2 Å². The first-order valence-corrected chi connectivity index (χ1v) is 5.98. The number of rotatable bonds is 1. The van der Waals surface area contributed by atoms with Crippen LogP contribution in [-0.2, 0) is 0 Å². The summed E-state index contributed by atoms with van der Waals surface area (Å²) in [4.78, 5) is 2.32. The van der Waals surface area contributed by atoms with Gasteiger partial charge in [0, 0.05) is 17.1 Å². The summed E-state index contributed by atoms with van der Waals surface area (Å²) in [5.41, 5.74) is 1.84. The predicted molar refractivity (Wildman–Crippen MR) is 64.9 cm³/mol. The minimum absolute atomic E-state index is 0.548. The third-order valence-corrected chi connectivity index (χ3v) is 3.44. The monoisotopic (exact) mass is 264 g/mol. The first-order chi connectivity index (χ1) is 7.22. The Morgan fingerprint density at radius 2 is 2.33 bits per heavy atom. The quantitative estimate of drug-likeness (QED) is 0.778. The third kappa shape index (κ3) is 2.00. The van der Waals surface area contributed by atoms with Gasteiger partial charge in [-0.15, -0.1) is 0 Å². The van der Waals surface area contributed by atoms with Crippen LogP contribution in [0.15, 0.2) is 22.7 Å². The Labute approximate surface area is 98.6 Å². The van der Waals surface area contributed by atoms with E-state index in [9.17, 15) is 0 Å². The zero-order valence-electron chi connectivity index (χ0n) is 8.70. The lowest BCUT2D eigenvalue weighted by Crippen LogP contribution is -2.26. The van der Waals surface area contributed by atoms with E-state index in [-0.39, 0.29) is 0 Å². The average Bonchev–Trinajstić information content (AvgIpc) is 2.64. The van der Waals surface area contributed by atoms with Gasteiger partial charge in [-0.25, -0.2) is 0 Å². The van der Waals surface area contributed by atoms with Gasteiger partial charge < -0.3 is 4.90 Å². The summed E-state index contributed by atoms with van der Waals surface area (Å²) in [5.74, 6) is 0. The fourth-order valence-electron chi connectivity index (χ4n) is 2.13. The predicted octanol–water partition coefficient (Wildman–Crippen LogP) is 3.31. The molecule has 1 unspecified atom stereocenters. The summed E-state index contributed by atoms with van der Waals surface area (Å²) in [5, 5.41) is 9.06. The van der Waals surface area contributed by atoms with Crippen LogP contribution in [0.1, 0.15) is 25.3 Å². The van der Waals surface area contributed by atoms with Crippen molar-refractivity contribution in [3.63, 3.8) is 0 Å². The Kier molecular flexibility index (Phi) is 2.97. The van der Waals surface area contributed by atoms with Gasteiger partial charge >= 0.3 is 0 Å². The fourth-order valence-corrected chi connectivity index (χ4v) is 2.48. The van der Waals surface area contributed by atoms with Crippen LogP contribution >= 0.6 is 15.9 Å². The number of halogens is 1. The molecule has 0 amide bonds. The summed E-state index contributed by atoms with van der Waals surface area (Å²) in [7, 11) is 0. The van der Waals surface area contributed by atoms with E-state index < -0.39 is 0 Å². The van der Waals surface area contributed by atoms with Crippen LogP contribution in [0.4, 0.5) is 5.69 Å². The van der Waals surface area contributed by atoms with E-state index in [1.165, 1.54) is 12.8 Å². The van der Waals surface area contributed by atoms with E-state index in [4.69, 9.17) is 5.26 Å². The largest absolute Gasteiger partial charge is 0.368 e. The van der Waals surface area contributed by atoms with Crippen molar-refractivity contribution in [3.8, 4) is 6.07 Å². The Morgan fingerprint density at radius 1 is 1.53 bits per heavy atom. The highest BCUT2D eigenvalue weighted by Crippen LogP contribution is 2.30. The molecule has 2 nitrogen and oxygen atoms in total. The molecule has 1 aromatic rings. The van der Waals surface area contributed by atoms with Crippen LogP contribution in [0.5, 0.6) is 0 Å². The maximum absolute atomic E-state index is 9.06. The molecule has 78 valence electrons. The molecule has 1 aliphatic heterocycles. The molecule has 1 saturated heterocycles. The van der Waals surface area contributed by atoms with Crippen LogP contribution in [0.25, 0.3) is 0 Å². The fraction of sp³-hybridized carbons (Fsp3) is 0.417. The van der Waals surface area contributed by atoms with Gasteiger partial charge in [-0.05, 0) is 38.0 Å². The summed E-state index contributed by atoms with van der Waals surface area (Å²) in [6.07, 6.45) is 2.44. The van der Waals surface area contributed by atoms with Crippen LogP contribution in [0.3, 0.4) is 0 Å². The van der Waals surface area contributed by atoms with Gasteiger partial charge in [-0.2, -0.15) is 5.26 Å². The van der Waals surface area contributed by atoms with Crippen molar-refractivity contribution in [2.45, 2.75) is 25.8 Å². The third-order valence-electron chi connectivity index (χ3n) is 2.94. The van der Waals surface area contributed by atoms with Crippen molar-refractivity contribution in [3.05, 3.63) is 28.2 Å². The van der Waals surface area contributed by atoms with Crippen molar-refractivity contribution in [1.29, 1.82) is 5.26 Å². The maximum atomic E-state index is 9.06. The minimum atomic E-state index is 0.548. The summed E-state index contributed by atoms with van der Waals surface area (Å²) in [6, 6.07) is 8.65.